The quantitative estimate of drug-likeness (QED) is 0.855. The second kappa shape index (κ2) is 8.20. The van der Waals surface area contributed by atoms with Crippen LogP contribution in [-0.4, -0.2) is 35.6 Å². The molecule has 116 valence electrons. The maximum Gasteiger partial charge on any atom is 0.253 e. The highest BCUT2D eigenvalue weighted by molar-refractivity contribution is 5.94. The van der Waals surface area contributed by atoms with Crippen molar-refractivity contribution in [2.75, 3.05) is 19.7 Å². The monoisotopic (exact) mass is 299 g/mol. The first-order chi connectivity index (χ1) is 10.7. The lowest BCUT2D eigenvalue weighted by atomic mass is 10.2. The molecule has 0 saturated heterocycles. The van der Waals surface area contributed by atoms with Crippen molar-refractivity contribution in [1.82, 2.24) is 4.90 Å². The highest BCUT2D eigenvalue weighted by Crippen LogP contribution is 2.15. The molecular weight excluding hydrogens is 278 g/mol. The zero-order valence-electron chi connectivity index (χ0n) is 12.7. The molecule has 2 aromatic carbocycles. The summed E-state index contributed by atoms with van der Waals surface area (Å²) in [6, 6.07) is 17.0. The molecule has 1 amide bonds. The van der Waals surface area contributed by atoms with Crippen LogP contribution in [0.25, 0.3) is 0 Å². The van der Waals surface area contributed by atoms with E-state index in [9.17, 15) is 4.79 Å². The molecule has 0 bridgehead atoms. The van der Waals surface area contributed by atoms with Crippen molar-refractivity contribution < 1.29 is 14.6 Å². The van der Waals surface area contributed by atoms with Crippen molar-refractivity contribution in [1.29, 1.82) is 0 Å². The normalized spacial score (nSPS) is 10.3. The molecule has 0 aromatic heterocycles. The first kappa shape index (κ1) is 16.0. The lowest BCUT2D eigenvalue weighted by Crippen LogP contribution is -2.33. The van der Waals surface area contributed by atoms with Crippen LogP contribution in [-0.2, 0) is 6.61 Å². The number of benzene rings is 2. The minimum absolute atomic E-state index is 0.0299. The summed E-state index contributed by atoms with van der Waals surface area (Å²) < 4.78 is 5.70. The van der Waals surface area contributed by atoms with Gasteiger partial charge in [-0.3, -0.25) is 4.79 Å². The van der Waals surface area contributed by atoms with Gasteiger partial charge in [0.15, 0.2) is 0 Å². The molecule has 1 N–H and O–H groups in total. The zero-order valence-corrected chi connectivity index (χ0v) is 12.7. The van der Waals surface area contributed by atoms with Gasteiger partial charge in [-0.1, -0.05) is 30.3 Å². The molecular formula is C18H21NO3. The van der Waals surface area contributed by atoms with Gasteiger partial charge in [0.25, 0.3) is 5.91 Å². The second-order valence-electron chi connectivity index (χ2n) is 4.91. The number of carbonyl (C=O) groups excluding carboxylic acids is 1. The van der Waals surface area contributed by atoms with Crippen LogP contribution >= 0.6 is 0 Å². The van der Waals surface area contributed by atoms with Crippen LogP contribution in [0.4, 0.5) is 0 Å². The number of hydrogen-bond acceptors (Lipinski definition) is 3. The van der Waals surface area contributed by atoms with Crippen molar-refractivity contribution >= 4 is 5.91 Å². The first-order valence-corrected chi connectivity index (χ1v) is 7.41. The Morgan fingerprint density at radius 1 is 1.09 bits per heavy atom. The number of amides is 1. The topological polar surface area (TPSA) is 49.8 Å². The van der Waals surface area contributed by atoms with Crippen LogP contribution < -0.4 is 4.74 Å². The van der Waals surface area contributed by atoms with Gasteiger partial charge in [0.05, 0.1) is 6.61 Å². The maximum absolute atomic E-state index is 12.2. The Bertz CT molecular complexity index is 581. The smallest absolute Gasteiger partial charge is 0.253 e. The average molecular weight is 299 g/mol. The first-order valence-electron chi connectivity index (χ1n) is 7.41. The van der Waals surface area contributed by atoms with Crippen molar-refractivity contribution in [3.8, 4) is 5.75 Å². The number of rotatable bonds is 7. The van der Waals surface area contributed by atoms with Crippen LogP contribution in [0, 0.1) is 0 Å². The van der Waals surface area contributed by atoms with Gasteiger partial charge in [0.2, 0.25) is 0 Å². The standard InChI is InChI=1S/C18H21NO3/c1-2-19(12-13-20)18(21)16-8-10-17(11-9-16)22-14-15-6-4-3-5-7-15/h3-11,20H,2,12-14H2,1H3. The summed E-state index contributed by atoms with van der Waals surface area (Å²) in [4.78, 5) is 13.8. The fourth-order valence-corrected chi connectivity index (χ4v) is 2.14. The average Bonchev–Trinajstić information content (AvgIpc) is 2.58. The Kier molecular flexibility index (Phi) is 5.98. The van der Waals surface area contributed by atoms with E-state index in [-0.39, 0.29) is 12.5 Å². The number of aliphatic hydroxyl groups is 1. The number of carbonyl (C=O) groups is 1. The summed E-state index contributed by atoms with van der Waals surface area (Å²) in [5.41, 5.74) is 1.70. The summed E-state index contributed by atoms with van der Waals surface area (Å²) in [5, 5.41) is 8.97. The molecule has 0 aliphatic rings. The molecule has 4 heteroatoms. The van der Waals surface area contributed by atoms with Crippen molar-refractivity contribution in [2.45, 2.75) is 13.5 Å². The highest BCUT2D eigenvalue weighted by Gasteiger charge is 2.13. The predicted octanol–water partition coefficient (Wildman–Crippen LogP) is 2.72. The second-order valence-corrected chi connectivity index (χ2v) is 4.91. The van der Waals surface area contributed by atoms with E-state index in [4.69, 9.17) is 9.84 Å². The van der Waals surface area contributed by atoms with Gasteiger partial charge in [-0.05, 0) is 36.8 Å². The summed E-state index contributed by atoms with van der Waals surface area (Å²) >= 11 is 0. The Balaban J connectivity index is 1.96. The molecule has 0 atom stereocenters. The van der Waals surface area contributed by atoms with E-state index in [1.165, 1.54) is 0 Å². The Labute approximate surface area is 131 Å². The van der Waals surface area contributed by atoms with Crippen LogP contribution in [0.3, 0.4) is 0 Å². The van der Waals surface area contributed by atoms with E-state index in [0.29, 0.717) is 25.3 Å². The molecule has 2 aromatic rings. The molecule has 0 spiro atoms. The molecule has 2 rings (SSSR count). The fourth-order valence-electron chi connectivity index (χ4n) is 2.14. The van der Waals surface area contributed by atoms with Crippen LogP contribution in [0.1, 0.15) is 22.8 Å². The number of aliphatic hydroxyl groups excluding tert-OH is 1. The van der Waals surface area contributed by atoms with E-state index in [2.05, 4.69) is 0 Å². The van der Waals surface area contributed by atoms with Crippen molar-refractivity contribution in [3.05, 3.63) is 65.7 Å². The third kappa shape index (κ3) is 4.33. The van der Waals surface area contributed by atoms with Gasteiger partial charge in [-0.15, -0.1) is 0 Å². The molecule has 0 radical (unpaired) electrons. The van der Waals surface area contributed by atoms with Gasteiger partial charge in [0, 0.05) is 18.7 Å². The molecule has 4 nitrogen and oxygen atoms in total. The molecule has 22 heavy (non-hydrogen) atoms. The van der Waals surface area contributed by atoms with Crippen molar-refractivity contribution in [2.24, 2.45) is 0 Å². The molecule has 0 fully saturated rings. The van der Waals surface area contributed by atoms with Crippen LogP contribution in [0.5, 0.6) is 5.75 Å². The van der Waals surface area contributed by atoms with Gasteiger partial charge in [-0.25, -0.2) is 0 Å². The Hall–Kier alpha value is -2.33. The summed E-state index contributed by atoms with van der Waals surface area (Å²) in [6.45, 7) is 3.29. The molecule has 0 aliphatic heterocycles. The lowest BCUT2D eigenvalue weighted by Gasteiger charge is -2.19. The maximum atomic E-state index is 12.2. The van der Waals surface area contributed by atoms with Crippen LogP contribution in [0.2, 0.25) is 0 Å². The van der Waals surface area contributed by atoms with E-state index in [1.807, 2.05) is 37.3 Å². The minimum Gasteiger partial charge on any atom is -0.489 e. The zero-order chi connectivity index (χ0) is 15.8. The Morgan fingerprint density at radius 2 is 1.77 bits per heavy atom. The summed E-state index contributed by atoms with van der Waals surface area (Å²) in [7, 11) is 0. The fraction of sp³-hybridized carbons (Fsp3) is 0.278. The molecule has 0 unspecified atom stereocenters. The Morgan fingerprint density at radius 3 is 2.36 bits per heavy atom. The SMILES string of the molecule is CCN(CCO)C(=O)c1ccc(OCc2ccccc2)cc1. The predicted molar refractivity (Wildman–Crippen MR) is 85.9 cm³/mol. The highest BCUT2D eigenvalue weighted by atomic mass is 16.5. The largest absolute Gasteiger partial charge is 0.489 e. The van der Waals surface area contributed by atoms with Gasteiger partial charge in [-0.2, -0.15) is 0 Å². The summed E-state index contributed by atoms with van der Waals surface area (Å²) in [6.07, 6.45) is 0. The minimum atomic E-state index is -0.0776. The van der Waals surface area contributed by atoms with Crippen molar-refractivity contribution in [3.63, 3.8) is 0 Å². The molecule has 0 heterocycles. The third-order valence-electron chi connectivity index (χ3n) is 3.39. The van der Waals surface area contributed by atoms with Crippen LogP contribution in [0.15, 0.2) is 54.6 Å². The molecule has 0 saturated carbocycles. The lowest BCUT2D eigenvalue weighted by molar-refractivity contribution is 0.0732. The van der Waals surface area contributed by atoms with E-state index in [0.717, 1.165) is 11.3 Å². The van der Waals surface area contributed by atoms with E-state index >= 15 is 0 Å². The number of ether oxygens (including phenoxy) is 1. The van der Waals surface area contributed by atoms with E-state index in [1.54, 1.807) is 29.2 Å². The number of likely N-dealkylation sites (N-methyl/N-ethyl adjacent to an activating group) is 1. The van der Waals surface area contributed by atoms with Gasteiger partial charge in [0.1, 0.15) is 12.4 Å². The summed E-state index contributed by atoms with van der Waals surface area (Å²) in [5.74, 6) is 0.650. The van der Waals surface area contributed by atoms with Gasteiger partial charge < -0.3 is 14.7 Å². The number of hydrogen-bond donors (Lipinski definition) is 1. The van der Waals surface area contributed by atoms with E-state index < -0.39 is 0 Å². The third-order valence-corrected chi connectivity index (χ3v) is 3.39. The number of nitrogens with zero attached hydrogens (tertiary/aromatic N) is 1. The van der Waals surface area contributed by atoms with Gasteiger partial charge >= 0.3 is 0 Å². The molecule has 0 aliphatic carbocycles.